The van der Waals surface area contributed by atoms with Crippen LogP contribution in [0.25, 0.3) is 0 Å². The number of hydrogen-bond donors (Lipinski definition) is 2. The fourth-order valence-corrected chi connectivity index (χ4v) is 5.10. The molecule has 98 valence electrons. The molecule has 3 aliphatic carbocycles. The highest BCUT2D eigenvalue weighted by molar-refractivity contribution is 5.14. The van der Waals surface area contributed by atoms with Crippen molar-refractivity contribution in [3.63, 3.8) is 0 Å². The highest BCUT2D eigenvalue weighted by Crippen LogP contribution is 2.58. The second-order valence-corrected chi connectivity index (χ2v) is 6.66. The van der Waals surface area contributed by atoms with Crippen molar-refractivity contribution in [2.75, 3.05) is 0 Å². The van der Waals surface area contributed by atoms with E-state index in [1.807, 2.05) is 6.20 Å². The predicted octanol–water partition coefficient (Wildman–Crippen LogP) is 2.63. The lowest BCUT2D eigenvalue weighted by Crippen LogP contribution is -2.38. The van der Waals surface area contributed by atoms with Gasteiger partial charge in [0.25, 0.3) is 0 Å². The molecule has 3 heteroatoms. The second-order valence-electron chi connectivity index (χ2n) is 6.66. The Morgan fingerprint density at radius 2 is 2.17 bits per heavy atom. The highest BCUT2D eigenvalue weighted by Gasteiger charge is 2.53. The van der Waals surface area contributed by atoms with Crippen molar-refractivity contribution in [2.45, 2.75) is 51.6 Å². The van der Waals surface area contributed by atoms with E-state index in [9.17, 15) is 0 Å². The summed E-state index contributed by atoms with van der Waals surface area (Å²) in [5.74, 6) is 4.19. The first-order valence-electron chi connectivity index (χ1n) is 7.55. The predicted molar refractivity (Wildman–Crippen MR) is 71.0 cm³/mol. The highest BCUT2D eigenvalue weighted by atomic mass is 15.1. The Morgan fingerprint density at radius 3 is 3.00 bits per heavy atom. The van der Waals surface area contributed by atoms with Gasteiger partial charge in [-0.15, -0.1) is 0 Å². The zero-order chi connectivity index (χ0) is 12.1. The van der Waals surface area contributed by atoms with Crippen LogP contribution in [0.15, 0.2) is 6.20 Å². The number of rotatable bonds is 3. The number of nitrogens with one attached hydrogen (secondary N) is 2. The molecular formula is C15H23N3. The van der Waals surface area contributed by atoms with Gasteiger partial charge in [-0.25, -0.2) is 0 Å². The fraction of sp³-hybridized carbons (Fsp3) is 0.800. The molecule has 2 N–H and O–H groups in total. The lowest BCUT2D eigenvalue weighted by atomic mass is 9.79. The number of hydrogen-bond acceptors (Lipinski definition) is 2. The number of H-pyrrole nitrogens is 1. The van der Waals surface area contributed by atoms with Crippen LogP contribution in [-0.2, 0) is 6.54 Å². The van der Waals surface area contributed by atoms with Crippen molar-refractivity contribution in [1.82, 2.24) is 15.5 Å². The molecule has 1 aromatic heterocycles. The van der Waals surface area contributed by atoms with E-state index in [4.69, 9.17) is 0 Å². The van der Waals surface area contributed by atoms with Crippen molar-refractivity contribution < 1.29 is 0 Å². The van der Waals surface area contributed by atoms with Crippen LogP contribution in [0, 0.1) is 30.6 Å². The van der Waals surface area contributed by atoms with Crippen molar-refractivity contribution >= 4 is 0 Å². The molecule has 0 aliphatic heterocycles. The zero-order valence-electron chi connectivity index (χ0n) is 11.2. The van der Waals surface area contributed by atoms with E-state index in [0.29, 0.717) is 0 Å². The summed E-state index contributed by atoms with van der Waals surface area (Å²) in [6.45, 7) is 3.10. The Bertz CT molecular complexity index is 439. The quantitative estimate of drug-likeness (QED) is 0.859. The van der Waals surface area contributed by atoms with E-state index in [-0.39, 0.29) is 0 Å². The molecule has 5 atom stereocenters. The van der Waals surface area contributed by atoms with Gasteiger partial charge in [-0.2, -0.15) is 5.10 Å². The summed E-state index contributed by atoms with van der Waals surface area (Å²) in [6.07, 6.45) is 9.44. The molecule has 0 aromatic carbocycles. The third-order valence-electron chi connectivity index (χ3n) is 5.92. The van der Waals surface area contributed by atoms with Crippen molar-refractivity contribution in [3.05, 3.63) is 17.5 Å². The zero-order valence-corrected chi connectivity index (χ0v) is 11.2. The minimum Gasteiger partial charge on any atom is -0.310 e. The van der Waals surface area contributed by atoms with Crippen LogP contribution in [-0.4, -0.2) is 16.2 Å². The normalized spacial score (nSPS) is 41.5. The van der Waals surface area contributed by atoms with Crippen LogP contribution in [0.3, 0.4) is 0 Å². The van der Waals surface area contributed by atoms with E-state index in [1.54, 1.807) is 0 Å². The van der Waals surface area contributed by atoms with Crippen molar-refractivity contribution in [2.24, 2.45) is 23.7 Å². The topological polar surface area (TPSA) is 40.7 Å². The van der Waals surface area contributed by atoms with Crippen LogP contribution in [0.5, 0.6) is 0 Å². The Labute approximate surface area is 109 Å². The maximum Gasteiger partial charge on any atom is 0.0535 e. The van der Waals surface area contributed by atoms with Crippen LogP contribution in [0.2, 0.25) is 0 Å². The Balaban J connectivity index is 1.41. The minimum atomic E-state index is 0.781. The van der Waals surface area contributed by atoms with E-state index in [0.717, 1.165) is 36.3 Å². The molecule has 4 rings (SSSR count). The minimum absolute atomic E-state index is 0.781. The maximum absolute atomic E-state index is 4.10. The smallest absolute Gasteiger partial charge is 0.0535 e. The van der Waals surface area contributed by atoms with Crippen molar-refractivity contribution in [3.8, 4) is 0 Å². The van der Waals surface area contributed by atoms with Gasteiger partial charge < -0.3 is 5.32 Å². The standard InChI is InChI=1S/C15H23N3/c1-9-11(8-17-18-9)7-16-15-6-10-5-14(15)13-4-2-3-12(10)13/h8,10,12-16H,2-7H2,1H3,(H,17,18). The largest absolute Gasteiger partial charge is 0.310 e. The third kappa shape index (κ3) is 1.56. The molecule has 3 fully saturated rings. The van der Waals surface area contributed by atoms with Gasteiger partial charge in [0.15, 0.2) is 0 Å². The first-order valence-corrected chi connectivity index (χ1v) is 7.55. The Hall–Kier alpha value is -0.830. The van der Waals surface area contributed by atoms with Gasteiger partial charge >= 0.3 is 0 Å². The number of nitrogens with zero attached hydrogens (tertiary/aromatic N) is 1. The van der Waals surface area contributed by atoms with Crippen LogP contribution in [0.4, 0.5) is 0 Å². The number of aromatic nitrogens is 2. The molecule has 3 saturated carbocycles. The molecular weight excluding hydrogens is 222 g/mol. The molecule has 3 nitrogen and oxygen atoms in total. The van der Waals surface area contributed by atoms with Crippen LogP contribution >= 0.6 is 0 Å². The summed E-state index contributed by atoms with van der Waals surface area (Å²) in [6, 6.07) is 0.781. The Morgan fingerprint density at radius 1 is 1.28 bits per heavy atom. The summed E-state index contributed by atoms with van der Waals surface area (Å²) in [7, 11) is 0. The van der Waals surface area contributed by atoms with Crippen LogP contribution in [0.1, 0.15) is 43.4 Å². The number of fused-ring (bicyclic) bond motifs is 5. The molecule has 18 heavy (non-hydrogen) atoms. The van der Waals surface area contributed by atoms with Gasteiger partial charge in [0.2, 0.25) is 0 Å². The first-order chi connectivity index (χ1) is 8.83. The lowest BCUT2D eigenvalue weighted by Gasteiger charge is -2.32. The Kier molecular flexibility index (Phi) is 2.51. The molecule has 5 unspecified atom stereocenters. The van der Waals surface area contributed by atoms with E-state index < -0.39 is 0 Å². The van der Waals surface area contributed by atoms with Gasteiger partial charge in [0.05, 0.1) is 6.20 Å². The van der Waals surface area contributed by atoms with E-state index >= 15 is 0 Å². The molecule has 0 radical (unpaired) electrons. The first kappa shape index (κ1) is 11.0. The summed E-state index contributed by atoms with van der Waals surface area (Å²) in [4.78, 5) is 0. The second kappa shape index (κ2) is 4.09. The van der Waals surface area contributed by atoms with Gasteiger partial charge in [-0.3, -0.25) is 5.10 Å². The van der Waals surface area contributed by atoms with Gasteiger partial charge in [-0.1, -0.05) is 6.42 Å². The molecule has 0 spiro atoms. The SMILES string of the molecule is Cc1[nH]ncc1CNC1CC2CC1C1CCCC21. The van der Waals surface area contributed by atoms with Gasteiger partial charge in [0, 0.05) is 23.8 Å². The lowest BCUT2D eigenvalue weighted by molar-refractivity contribution is 0.208. The molecule has 0 saturated heterocycles. The molecule has 3 aliphatic rings. The average Bonchev–Trinajstić information content (AvgIpc) is 3.08. The third-order valence-corrected chi connectivity index (χ3v) is 5.92. The number of aromatic amines is 1. The fourth-order valence-electron chi connectivity index (χ4n) is 5.10. The van der Waals surface area contributed by atoms with Crippen LogP contribution < -0.4 is 5.32 Å². The summed E-state index contributed by atoms with van der Waals surface area (Å²) < 4.78 is 0. The summed E-state index contributed by atoms with van der Waals surface area (Å²) in [5, 5.41) is 10.9. The van der Waals surface area contributed by atoms with Gasteiger partial charge in [-0.05, 0) is 56.3 Å². The van der Waals surface area contributed by atoms with E-state index in [2.05, 4.69) is 22.4 Å². The summed E-state index contributed by atoms with van der Waals surface area (Å²) >= 11 is 0. The number of aryl methyl sites for hydroxylation is 1. The molecule has 0 amide bonds. The van der Waals surface area contributed by atoms with E-state index in [1.165, 1.54) is 43.4 Å². The summed E-state index contributed by atoms with van der Waals surface area (Å²) in [5.41, 5.74) is 2.55. The monoisotopic (exact) mass is 245 g/mol. The molecule has 1 heterocycles. The maximum atomic E-state index is 4.10. The molecule has 1 aromatic rings. The van der Waals surface area contributed by atoms with Crippen molar-refractivity contribution in [1.29, 1.82) is 0 Å². The average molecular weight is 245 g/mol. The molecule has 2 bridgehead atoms. The van der Waals surface area contributed by atoms with Gasteiger partial charge in [0.1, 0.15) is 0 Å².